The van der Waals surface area contributed by atoms with Crippen molar-refractivity contribution in [3.8, 4) is 5.88 Å². The highest BCUT2D eigenvalue weighted by molar-refractivity contribution is 7.91. The minimum atomic E-state index is -3.96. The molecule has 3 N–H and O–H groups in total. The summed E-state index contributed by atoms with van der Waals surface area (Å²) in [4.78, 5) is 64.1. The summed E-state index contributed by atoms with van der Waals surface area (Å²) in [6.45, 7) is 2.30. The van der Waals surface area contributed by atoms with E-state index in [1.54, 1.807) is 13.0 Å². The lowest BCUT2D eigenvalue weighted by Gasteiger charge is -2.28. The maximum Gasteiger partial charge on any atom is 0.254 e. The number of allylic oxidation sites excluding steroid dienone is 2. The number of para-hydroxylation sites is 1. The lowest BCUT2D eigenvalue weighted by Crippen LogP contribution is -2.54. The van der Waals surface area contributed by atoms with Crippen molar-refractivity contribution in [2.24, 2.45) is 5.92 Å². The van der Waals surface area contributed by atoms with Crippen LogP contribution in [0.3, 0.4) is 0 Å². The molecule has 1 aromatic heterocycles. The van der Waals surface area contributed by atoms with Gasteiger partial charge in [-0.15, -0.1) is 0 Å². The van der Waals surface area contributed by atoms with Gasteiger partial charge < -0.3 is 20.3 Å². The van der Waals surface area contributed by atoms with Crippen molar-refractivity contribution >= 4 is 44.7 Å². The number of unbranched alkanes of at least 4 members (excludes halogenated alkanes) is 3. The molecule has 2 aliphatic carbocycles. The Morgan fingerprint density at radius 1 is 1.02 bits per heavy atom. The van der Waals surface area contributed by atoms with Crippen LogP contribution in [0.1, 0.15) is 87.2 Å². The van der Waals surface area contributed by atoms with Gasteiger partial charge in [-0.2, -0.15) is 0 Å². The summed E-state index contributed by atoms with van der Waals surface area (Å²) in [7, 11) is -3.96. The van der Waals surface area contributed by atoms with E-state index in [0.29, 0.717) is 36.4 Å². The normalized spacial score (nSPS) is 19.6. The summed E-state index contributed by atoms with van der Waals surface area (Å²) in [5.41, 5.74) is 0.381. The number of halogens is 2. The Labute approximate surface area is 318 Å². The number of hydrogen-bond acceptors (Lipinski definition) is 9. The van der Waals surface area contributed by atoms with Crippen LogP contribution in [-0.2, 0) is 24.4 Å². The third kappa shape index (κ3) is 9.82. The molecule has 0 radical (unpaired) electrons. The molecule has 3 fully saturated rings. The van der Waals surface area contributed by atoms with E-state index >= 15 is 0 Å². The monoisotopic (exact) mass is 780 g/mol. The third-order valence-corrected chi connectivity index (χ3v) is 12.5. The zero-order valence-electron chi connectivity index (χ0n) is 30.9. The first kappa shape index (κ1) is 39.7. The zero-order valence-corrected chi connectivity index (χ0v) is 31.7. The van der Waals surface area contributed by atoms with Gasteiger partial charge in [0.1, 0.15) is 35.2 Å². The highest BCUT2D eigenvalue weighted by Crippen LogP contribution is 2.42. The molecule has 0 bridgehead atoms. The summed E-state index contributed by atoms with van der Waals surface area (Å²) in [5.74, 6) is -3.86. The average Bonchev–Trinajstić information content (AvgIpc) is 4.08. The van der Waals surface area contributed by atoms with E-state index in [1.807, 2.05) is 4.72 Å². The summed E-state index contributed by atoms with van der Waals surface area (Å²) >= 11 is 0. The molecule has 294 valence electrons. The minimum Gasteiger partial charge on any atom is -0.471 e. The number of ether oxygens (including phenoxy) is 1. The molecular formula is C39H46F2N6O7S. The van der Waals surface area contributed by atoms with Crippen molar-refractivity contribution in [1.29, 1.82) is 0 Å². The number of hydrogen-bond donors (Lipinski definition) is 3. The smallest absolute Gasteiger partial charge is 0.254 e. The van der Waals surface area contributed by atoms with Crippen LogP contribution in [0.15, 0.2) is 54.6 Å². The Bertz CT molecular complexity index is 2090. The number of carbonyl (C=O) groups is 4. The molecule has 0 unspecified atom stereocenters. The minimum absolute atomic E-state index is 0.00523. The number of carbonyl (C=O) groups excluding carboxylic acids is 4. The van der Waals surface area contributed by atoms with E-state index in [9.17, 15) is 36.4 Å². The number of aryl methyl sites for hydroxylation is 1. The number of likely N-dealkylation sites (tertiary alicyclic amines) is 1. The van der Waals surface area contributed by atoms with E-state index < -0.39 is 74.8 Å². The van der Waals surface area contributed by atoms with Crippen LogP contribution in [0.2, 0.25) is 0 Å². The number of fused-ring (bicyclic) bond motifs is 1. The van der Waals surface area contributed by atoms with Gasteiger partial charge in [-0.05, 0) is 89.0 Å². The van der Waals surface area contributed by atoms with Gasteiger partial charge in [-0.25, -0.2) is 27.2 Å². The molecule has 4 amide bonds. The number of nitrogens with one attached hydrogen (secondary N) is 3. The van der Waals surface area contributed by atoms with Crippen LogP contribution in [0.5, 0.6) is 5.88 Å². The predicted molar refractivity (Wildman–Crippen MR) is 199 cm³/mol. The Morgan fingerprint density at radius 2 is 1.76 bits per heavy atom. The van der Waals surface area contributed by atoms with Gasteiger partial charge in [0.25, 0.3) is 11.8 Å². The summed E-state index contributed by atoms with van der Waals surface area (Å²) in [6.07, 6.45) is 9.88. The third-order valence-electron chi connectivity index (χ3n) is 10.3. The molecular weight excluding hydrogens is 735 g/mol. The number of sulfonamides is 1. The van der Waals surface area contributed by atoms with E-state index in [-0.39, 0.29) is 36.3 Å². The lowest BCUT2D eigenvalue weighted by atomic mass is 10.0. The van der Waals surface area contributed by atoms with Crippen LogP contribution in [0, 0.1) is 24.5 Å². The van der Waals surface area contributed by atoms with Gasteiger partial charge in [0, 0.05) is 6.42 Å². The summed E-state index contributed by atoms with van der Waals surface area (Å²) < 4.78 is 61.5. The van der Waals surface area contributed by atoms with Gasteiger partial charge in [0.05, 0.1) is 28.9 Å². The number of nitrogens with zero attached hydrogens (tertiary/aromatic N) is 3. The van der Waals surface area contributed by atoms with Gasteiger partial charge in [-0.3, -0.25) is 23.9 Å². The molecule has 2 heterocycles. The quantitative estimate of drug-likeness (QED) is 0.133. The first-order chi connectivity index (χ1) is 26.2. The average molecular weight is 781 g/mol. The first-order valence-electron chi connectivity index (χ1n) is 18.7. The van der Waals surface area contributed by atoms with Crippen LogP contribution in [0.25, 0.3) is 11.0 Å². The Hall–Kier alpha value is -4.99. The number of rotatable bonds is 17. The number of amides is 4. The fourth-order valence-corrected chi connectivity index (χ4v) is 7.76. The van der Waals surface area contributed by atoms with Crippen molar-refractivity contribution in [1.82, 2.24) is 30.2 Å². The van der Waals surface area contributed by atoms with Crippen molar-refractivity contribution in [3.63, 3.8) is 0 Å². The second-order valence-electron chi connectivity index (χ2n) is 14.8. The van der Waals surface area contributed by atoms with Crippen LogP contribution < -0.4 is 20.1 Å². The second-order valence-corrected chi connectivity index (χ2v) is 17.0. The molecule has 0 spiro atoms. The Morgan fingerprint density at radius 3 is 2.49 bits per heavy atom. The highest BCUT2D eigenvalue weighted by atomic mass is 32.2. The molecule has 2 saturated carbocycles. The van der Waals surface area contributed by atoms with Crippen molar-refractivity contribution in [2.45, 2.75) is 101 Å². The second kappa shape index (κ2) is 16.8. The molecule has 2 aromatic carbocycles. The van der Waals surface area contributed by atoms with Gasteiger partial charge in [0.15, 0.2) is 5.82 Å². The molecule has 1 aliphatic heterocycles. The first-order valence-corrected chi connectivity index (χ1v) is 20.2. The molecule has 55 heavy (non-hydrogen) atoms. The fourth-order valence-electron chi connectivity index (χ4n) is 6.50. The molecule has 1 saturated heterocycles. The van der Waals surface area contributed by atoms with E-state index in [0.717, 1.165) is 25.3 Å². The number of benzene rings is 2. The summed E-state index contributed by atoms with van der Waals surface area (Å²) in [5, 5.41) is 5.12. The lowest BCUT2D eigenvalue weighted by molar-refractivity contribution is -0.140. The molecule has 16 heteroatoms. The van der Waals surface area contributed by atoms with Crippen LogP contribution >= 0.6 is 0 Å². The van der Waals surface area contributed by atoms with Crippen molar-refractivity contribution < 1.29 is 41.1 Å². The standard InChI is InChI=1S/C39H46F2N6O7S/c1-24-37(45-34-29(41)14-10-16-30(34)43-24)54-26-21-32(36(50)42-22-33(48)46-55(52,53)39(2)19-20-39)47(23-26)38(51)31(15-7-5-3-4-6-11-25-17-18-25)44-35(49)27-12-8-9-13-28(27)40/h6,8-14,16,25-26,31-32H,3-5,7,15,17-23H2,1-2H3,(H,42,50)(H,44,49)(H,46,48)/t26-,31+,32+/m1/s1. The van der Waals surface area contributed by atoms with Crippen LogP contribution in [-0.4, -0.2) is 82.9 Å². The van der Waals surface area contributed by atoms with E-state index in [2.05, 4.69) is 32.8 Å². The molecule has 3 atom stereocenters. The topological polar surface area (TPSA) is 177 Å². The van der Waals surface area contributed by atoms with Gasteiger partial charge in [0.2, 0.25) is 27.7 Å². The highest BCUT2D eigenvalue weighted by Gasteiger charge is 2.51. The molecule has 3 aromatic rings. The maximum atomic E-state index is 14.6. The predicted octanol–water partition coefficient (Wildman–Crippen LogP) is 4.39. The molecule has 6 rings (SSSR count). The largest absolute Gasteiger partial charge is 0.471 e. The van der Waals surface area contributed by atoms with E-state index in [1.165, 1.54) is 55.0 Å². The van der Waals surface area contributed by atoms with Gasteiger partial charge >= 0.3 is 0 Å². The zero-order chi connectivity index (χ0) is 39.3. The Kier molecular flexibility index (Phi) is 12.1. The summed E-state index contributed by atoms with van der Waals surface area (Å²) in [6, 6.07) is 7.34. The van der Waals surface area contributed by atoms with Crippen LogP contribution in [0.4, 0.5) is 8.78 Å². The molecule has 13 nitrogen and oxygen atoms in total. The van der Waals surface area contributed by atoms with E-state index in [4.69, 9.17) is 4.74 Å². The van der Waals surface area contributed by atoms with Gasteiger partial charge in [-0.1, -0.05) is 43.2 Å². The Balaban J connectivity index is 1.20. The van der Waals surface area contributed by atoms with Crippen molar-refractivity contribution in [2.75, 3.05) is 13.1 Å². The maximum absolute atomic E-state index is 14.6. The van der Waals surface area contributed by atoms with Crippen molar-refractivity contribution in [3.05, 3.63) is 77.5 Å². The SMILES string of the molecule is Cc1nc2cccc(F)c2nc1O[C@@H]1C[C@@H](C(=O)NCC(=O)NS(=O)(=O)C2(C)CC2)N(C(=O)[C@H](CCCCCC=CC2CC2)NC(=O)c2ccccc2F)C1. The number of aromatic nitrogens is 2. The molecule has 3 aliphatic rings. The fraction of sp³-hybridized carbons (Fsp3) is 0.487.